The van der Waals surface area contributed by atoms with Gasteiger partial charge in [-0.15, -0.1) is 0 Å². The summed E-state index contributed by atoms with van der Waals surface area (Å²) in [6.45, 7) is 1.28. The third-order valence-electron chi connectivity index (χ3n) is 7.35. The van der Waals surface area contributed by atoms with Crippen LogP contribution in [0.3, 0.4) is 0 Å². The summed E-state index contributed by atoms with van der Waals surface area (Å²) in [5, 5.41) is 50.7. The molecular weight excluding hydrogens is 752 g/mol. The Labute approximate surface area is 319 Å². The molecule has 0 fully saturated rings. The highest BCUT2D eigenvalue weighted by atomic mass is 16.4. The molecule has 56 heavy (non-hydrogen) atoms. The molecule has 0 spiro atoms. The van der Waals surface area contributed by atoms with Gasteiger partial charge >= 0.3 is 11.9 Å². The molecule has 0 saturated heterocycles. The van der Waals surface area contributed by atoms with E-state index < -0.39 is 134 Å². The molecule has 0 aromatic carbocycles. The zero-order valence-electron chi connectivity index (χ0n) is 30.7. The van der Waals surface area contributed by atoms with E-state index in [1.54, 1.807) is 13.8 Å². The van der Waals surface area contributed by atoms with Gasteiger partial charge in [0.1, 0.15) is 36.3 Å². The lowest BCUT2D eigenvalue weighted by atomic mass is 10.0. The number of carboxylic acids is 2. The van der Waals surface area contributed by atoms with Gasteiger partial charge in [-0.3, -0.25) is 48.1 Å². The maximum Gasteiger partial charge on any atom is 0.326 e. The lowest BCUT2D eigenvalue weighted by Crippen LogP contribution is -2.61. The van der Waals surface area contributed by atoms with Crippen LogP contribution < -0.4 is 60.6 Å². The van der Waals surface area contributed by atoms with Crippen LogP contribution >= 0.6 is 0 Å². The van der Waals surface area contributed by atoms with Crippen LogP contribution in [0.4, 0.5) is 0 Å². The maximum atomic E-state index is 13.4. The molecule has 0 heterocycles. The molecule has 8 amide bonds. The molecule has 0 aromatic heterocycles. The second-order valence-corrected chi connectivity index (χ2v) is 12.7. The van der Waals surface area contributed by atoms with Gasteiger partial charge in [-0.25, -0.2) is 4.79 Å². The zero-order chi connectivity index (χ0) is 43.3. The van der Waals surface area contributed by atoms with E-state index in [-0.39, 0.29) is 37.7 Å². The van der Waals surface area contributed by atoms with E-state index >= 15 is 0 Å². The number of aliphatic hydroxyl groups is 2. The van der Waals surface area contributed by atoms with Crippen molar-refractivity contribution >= 4 is 65.2 Å². The monoisotopic (exact) mass is 804 g/mol. The average Bonchev–Trinajstić information content (AvgIpc) is 3.08. The Balaban J connectivity index is 6.04. The van der Waals surface area contributed by atoms with Gasteiger partial charge in [0, 0.05) is 6.54 Å². The molecule has 0 unspecified atom stereocenters. The van der Waals surface area contributed by atoms with Crippen LogP contribution in [0.15, 0.2) is 4.99 Å². The first-order valence-corrected chi connectivity index (χ1v) is 16.9. The van der Waals surface area contributed by atoms with Crippen LogP contribution in [-0.2, 0) is 47.9 Å². The summed E-state index contributed by atoms with van der Waals surface area (Å²) in [5.41, 5.74) is 26.5. The first kappa shape index (κ1) is 49.8. The van der Waals surface area contributed by atoms with Gasteiger partial charge in [-0.05, 0) is 25.2 Å². The van der Waals surface area contributed by atoms with Crippen molar-refractivity contribution in [1.82, 2.24) is 31.9 Å². The number of nitrogens with zero attached hydrogens (tertiary/aromatic N) is 1. The minimum atomic E-state index is -1.98. The van der Waals surface area contributed by atoms with Gasteiger partial charge in [0.25, 0.3) is 0 Å². The van der Waals surface area contributed by atoms with Gasteiger partial charge in [-0.1, -0.05) is 13.8 Å². The number of primary amides is 2. The summed E-state index contributed by atoms with van der Waals surface area (Å²) in [5.74, 6) is -13.1. The average molecular weight is 805 g/mol. The predicted octanol–water partition coefficient (Wildman–Crippen LogP) is -8.38. The summed E-state index contributed by atoms with van der Waals surface area (Å²) < 4.78 is 0. The number of carbonyl (C=O) groups excluding carboxylic acids is 8. The van der Waals surface area contributed by atoms with E-state index in [1.165, 1.54) is 0 Å². The maximum absolute atomic E-state index is 13.4. The number of rotatable bonds is 27. The number of carboxylic acid groups (broad SMARTS) is 2. The van der Waals surface area contributed by atoms with Gasteiger partial charge < -0.3 is 81.0 Å². The molecule has 26 heteroatoms. The predicted molar refractivity (Wildman–Crippen MR) is 191 cm³/mol. The fraction of sp³-hybridized carbons (Fsp3) is 0.633. The number of aliphatic hydroxyl groups excluding tert-OH is 2. The fourth-order valence-electron chi connectivity index (χ4n) is 4.58. The van der Waals surface area contributed by atoms with Gasteiger partial charge in [-0.2, -0.15) is 0 Å². The van der Waals surface area contributed by atoms with E-state index in [9.17, 15) is 68.4 Å². The number of carbonyl (C=O) groups is 10. The van der Waals surface area contributed by atoms with Crippen LogP contribution in [0.5, 0.6) is 0 Å². The molecule has 20 N–H and O–H groups in total. The Hall–Kier alpha value is -6.15. The summed E-state index contributed by atoms with van der Waals surface area (Å²) in [4.78, 5) is 128. The topological polar surface area (TPSA) is 466 Å². The molecule has 7 atom stereocenters. The zero-order valence-corrected chi connectivity index (χ0v) is 30.7. The van der Waals surface area contributed by atoms with Crippen molar-refractivity contribution in [3.8, 4) is 0 Å². The van der Waals surface area contributed by atoms with Crippen molar-refractivity contribution < 1.29 is 68.4 Å². The van der Waals surface area contributed by atoms with Crippen molar-refractivity contribution in [2.45, 2.75) is 94.7 Å². The number of guanidine groups is 1. The number of hydrogen-bond acceptors (Lipinski definition) is 14. The number of aliphatic imine (C=N–C) groups is 1. The number of aliphatic carboxylic acids is 2. The number of nitrogens with two attached hydrogens (primary N) is 5. The highest BCUT2D eigenvalue weighted by molar-refractivity contribution is 5.99. The van der Waals surface area contributed by atoms with E-state index in [4.69, 9.17) is 28.7 Å². The first-order valence-electron chi connectivity index (χ1n) is 16.9. The Morgan fingerprint density at radius 1 is 0.554 bits per heavy atom. The van der Waals surface area contributed by atoms with Crippen molar-refractivity contribution in [2.24, 2.45) is 39.6 Å². The Bertz CT molecular complexity index is 1470. The first-order chi connectivity index (χ1) is 26.0. The molecule has 0 saturated carbocycles. The molecule has 0 aliphatic rings. The molecular formula is C30H52N12O14. The highest BCUT2D eigenvalue weighted by Crippen LogP contribution is 2.08. The van der Waals surface area contributed by atoms with Gasteiger partial charge in [0.05, 0.1) is 38.5 Å². The number of nitrogens with one attached hydrogen (secondary N) is 6. The molecule has 0 rings (SSSR count). The number of hydrogen-bond donors (Lipinski definition) is 15. The third-order valence-corrected chi connectivity index (χ3v) is 7.35. The molecule has 26 nitrogen and oxygen atoms in total. The molecule has 0 bridgehead atoms. The molecule has 0 aliphatic heterocycles. The van der Waals surface area contributed by atoms with Gasteiger partial charge in [0.15, 0.2) is 5.96 Å². The molecule has 0 aromatic rings. The molecule has 0 radical (unpaired) electrons. The van der Waals surface area contributed by atoms with Gasteiger partial charge in [0.2, 0.25) is 47.3 Å². The summed E-state index contributed by atoms with van der Waals surface area (Å²) in [6.07, 6.45) is -2.68. The lowest BCUT2D eigenvalue weighted by molar-refractivity contribution is -0.144. The van der Waals surface area contributed by atoms with Crippen molar-refractivity contribution in [2.75, 3.05) is 19.8 Å². The van der Waals surface area contributed by atoms with Crippen LogP contribution in [-0.4, -0.2) is 148 Å². The quantitative estimate of drug-likeness (QED) is 0.0208. The molecule has 316 valence electrons. The second-order valence-electron chi connectivity index (χ2n) is 12.7. The normalized spacial score (nSPS) is 14.5. The minimum absolute atomic E-state index is 0.0540. The third kappa shape index (κ3) is 19.8. The Morgan fingerprint density at radius 3 is 1.34 bits per heavy atom. The highest BCUT2D eigenvalue weighted by Gasteiger charge is 2.35. The summed E-state index contributed by atoms with van der Waals surface area (Å²) in [6, 6.07) is -12.0. The SMILES string of the molecule is CC(C)C[C@H](NC(=O)[C@H](CC(N)=O)NC(=O)[C@H](CC(=O)O)NC(=O)[C@H](CO)NC(=O)[C@@H](N)CCCN=C(N)N)C(=O)N[C@@H](CO)C(=O)N[C@@H](CC(N)=O)C(=O)O. The number of amides is 8. The Morgan fingerprint density at radius 2 is 0.929 bits per heavy atom. The Kier molecular flexibility index (Phi) is 22.3. The second kappa shape index (κ2) is 25.0. The van der Waals surface area contributed by atoms with Crippen molar-refractivity contribution in [3.63, 3.8) is 0 Å². The van der Waals surface area contributed by atoms with Crippen molar-refractivity contribution in [3.05, 3.63) is 0 Å². The van der Waals surface area contributed by atoms with E-state index in [0.717, 1.165) is 0 Å². The van der Waals surface area contributed by atoms with Crippen molar-refractivity contribution in [1.29, 1.82) is 0 Å². The van der Waals surface area contributed by atoms with Crippen LogP contribution in [0.25, 0.3) is 0 Å². The smallest absolute Gasteiger partial charge is 0.326 e. The summed E-state index contributed by atoms with van der Waals surface area (Å²) in [7, 11) is 0. The fourth-order valence-corrected chi connectivity index (χ4v) is 4.58. The summed E-state index contributed by atoms with van der Waals surface area (Å²) >= 11 is 0. The molecule has 0 aliphatic carbocycles. The minimum Gasteiger partial charge on any atom is -0.481 e. The van der Waals surface area contributed by atoms with E-state index in [1.807, 2.05) is 10.6 Å². The van der Waals surface area contributed by atoms with Crippen LogP contribution in [0.2, 0.25) is 0 Å². The van der Waals surface area contributed by atoms with Crippen LogP contribution in [0, 0.1) is 5.92 Å². The lowest BCUT2D eigenvalue weighted by Gasteiger charge is -2.27. The largest absolute Gasteiger partial charge is 0.481 e. The van der Waals surface area contributed by atoms with E-state index in [0.29, 0.717) is 0 Å². The van der Waals surface area contributed by atoms with E-state index in [2.05, 4.69) is 26.3 Å². The standard InChI is InChI=1S/C30H52N12O14/c1-12(2)6-14(24(50)42-19(11-44)28(54)40-17(29(55)56)8-21(33)46)37-25(51)15(7-20(32)45)38-26(52)16(9-22(47)48)39-27(53)18(10-43)41-23(49)13(31)4-3-5-36-30(34)35/h12-19,43-44H,3-11,31H2,1-2H3,(H2,32,45)(H2,33,46)(H,37,51)(H,38,52)(H,39,53)(H,40,54)(H,41,49)(H,42,50)(H,47,48)(H,55,56)(H4,34,35,36)/t13-,14-,15-,16-,17-,18-,19-/m0/s1. The van der Waals surface area contributed by atoms with Crippen LogP contribution in [0.1, 0.15) is 52.4 Å².